The molecule has 1 aromatic carbocycles. The van der Waals surface area contributed by atoms with Crippen LogP contribution in [0, 0.1) is 5.41 Å². The summed E-state index contributed by atoms with van der Waals surface area (Å²) in [6.45, 7) is 7.70. The van der Waals surface area contributed by atoms with Gasteiger partial charge in [0.1, 0.15) is 18.1 Å². The molecule has 2 aliphatic heterocycles. The molecule has 0 bridgehead atoms. The molecule has 1 unspecified atom stereocenters. The molecule has 1 fully saturated rings. The normalized spacial score (nSPS) is 26.7. The van der Waals surface area contributed by atoms with Gasteiger partial charge < -0.3 is 9.84 Å². The lowest BCUT2D eigenvalue weighted by Gasteiger charge is -2.39. The molecule has 2 heterocycles. The summed E-state index contributed by atoms with van der Waals surface area (Å²) in [5, 5.41) is 9.47. The van der Waals surface area contributed by atoms with Crippen molar-refractivity contribution in [1.29, 1.82) is 0 Å². The highest BCUT2D eigenvalue weighted by Gasteiger charge is 2.34. The zero-order valence-electron chi connectivity index (χ0n) is 11.1. The number of nitrogens with zero attached hydrogens (tertiary/aromatic N) is 1. The third-order valence-electron chi connectivity index (χ3n) is 4.35. The van der Waals surface area contributed by atoms with Crippen molar-refractivity contribution in [3.63, 3.8) is 0 Å². The topological polar surface area (TPSA) is 32.7 Å². The first-order valence-electron chi connectivity index (χ1n) is 6.75. The molecule has 1 saturated heterocycles. The van der Waals surface area contributed by atoms with Gasteiger partial charge in [-0.3, -0.25) is 4.90 Å². The molecule has 18 heavy (non-hydrogen) atoms. The molecule has 3 rings (SSSR count). The van der Waals surface area contributed by atoms with Gasteiger partial charge in [0, 0.05) is 11.6 Å². The number of phenols is 1. The van der Waals surface area contributed by atoms with E-state index < -0.39 is 0 Å². The van der Waals surface area contributed by atoms with E-state index in [9.17, 15) is 5.11 Å². The highest BCUT2D eigenvalue weighted by Crippen LogP contribution is 2.41. The van der Waals surface area contributed by atoms with Crippen molar-refractivity contribution in [2.45, 2.75) is 32.7 Å². The quantitative estimate of drug-likeness (QED) is 0.828. The smallest absolute Gasteiger partial charge is 0.127 e. The Hall–Kier alpha value is -1.22. The highest BCUT2D eigenvalue weighted by molar-refractivity contribution is 5.44. The van der Waals surface area contributed by atoms with E-state index in [0.29, 0.717) is 11.5 Å². The Labute approximate surface area is 108 Å². The van der Waals surface area contributed by atoms with Crippen LogP contribution in [0.4, 0.5) is 0 Å². The van der Waals surface area contributed by atoms with Gasteiger partial charge in [0.15, 0.2) is 0 Å². The molecule has 0 saturated carbocycles. The number of benzene rings is 1. The predicted molar refractivity (Wildman–Crippen MR) is 70.9 cm³/mol. The largest absolute Gasteiger partial charge is 0.508 e. The van der Waals surface area contributed by atoms with Crippen LogP contribution < -0.4 is 4.74 Å². The summed E-state index contributed by atoms with van der Waals surface area (Å²) in [5.74, 6) is 1.14. The summed E-state index contributed by atoms with van der Waals surface area (Å²) in [4.78, 5) is 2.52. The number of rotatable bonds is 1. The second-order valence-corrected chi connectivity index (χ2v) is 6.25. The number of hydrogen-bond acceptors (Lipinski definition) is 3. The molecular formula is C15H21NO2. The number of piperidine rings is 1. The molecule has 98 valence electrons. The third-order valence-corrected chi connectivity index (χ3v) is 4.35. The molecule has 0 spiro atoms. The lowest BCUT2D eigenvalue weighted by molar-refractivity contribution is 0.0822. The summed E-state index contributed by atoms with van der Waals surface area (Å²) in [5.41, 5.74) is 1.71. The van der Waals surface area contributed by atoms with E-state index >= 15 is 0 Å². The molecule has 1 atom stereocenters. The number of phenolic OH excluding ortho intramolecular Hbond substituents is 1. The van der Waals surface area contributed by atoms with E-state index in [-0.39, 0.29) is 5.75 Å². The van der Waals surface area contributed by atoms with Crippen LogP contribution in [0.2, 0.25) is 0 Å². The summed E-state index contributed by atoms with van der Waals surface area (Å²) >= 11 is 0. The minimum atomic E-state index is 0.286. The third kappa shape index (κ3) is 2.07. The molecule has 0 amide bonds. The van der Waals surface area contributed by atoms with E-state index in [1.807, 2.05) is 6.07 Å². The average Bonchev–Trinajstić information content (AvgIpc) is 2.72. The lowest BCUT2D eigenvalue weighted by Crippen LogP contribution is -2.40. The SMILES string of the molecule is CC1(C)CCN(C2COc3cc(O)ccc32)CC1. The van der Waals surface area contributed by atoms with E-state index in [4.69, 9.17) is 4.74 Å². The van der Waals surface area contributed by atoms with Crippen LogP contribution >= 0.6 is 0 Å². The molecule has 1 aromatic rings. The predicted octanol–water partition coefficient (Wildman–Crippen LogP) is 2.95. The van der Waals surface area contributed by atoms with E-state index in [0.717, 1.165) is 25.4 Å². The van der Waals surface area contributed by atoms with Crippen molar-refractivity contribution in [2.24, 2.45) is 5.41 Å². The van der Waals surface area contributed by atoms with Gasteiger partial charge in [-0.15, -0.1) is 0 Å². The Morgan fingerprint density at radius 2 is 2.00 bits per heavy atom. The van der Waals surface area contributed by atoms with Crippen LogP contribution in [0.25, 0.3) is 0 Å². The zero-order chi connectivity index (χ0) is 12.8. The molecule has 0 radical (unpaired) electrons. The van der Waals surface area contributed by atoms with Crippen LogP contribution in [0.5, 0.6) is 11.5 Å². The van der Waals surface area contributed by atoms with Crippen LogP contribution in [0.1, 0.15) is 38.3 Å². The van der Waals surface area contributed by atoms with Gasteiger partial charge in [0.25, 0.3) is 0 Å². The van der Waals surface area contributed by atoms with Gasteiger partial charge in [-0.05, 0) is 43.5 Å². The van der Waals surface area contributed by atoms with Gasteiger partial charge in [-0.2, -0.15) is 0 Å². The maximum Gasteiger partial charge on any atom is 0.127 e. The molecule has 0 aromatic heterocycles. The second kappa shape index (κ2) is 4.16. The number of hydrogen-bond donors (Lipinski definition) is 1. The Bertz CT molecular complexity index is 446. The van der Waals surface area contributed by atoms with E-state index in [2.05, 4.69) is 18.7 Å². The summed E-state index contributed by atoms with van der Waals surface area (Å²) in [7, 11) is 0. The fourth-order valence-corrected chi connectivity index (χ4v) is 2.92. The summed E-state index contributed by atoms with van der Waals surface area (Å²) in [6, 6.07) is 5.86. The van der Waals surface area contributed by atoms with Crippen molar-refractivity contribution in [3.05, 3.63) is 23.8 Å². The maximum atomic E-state index is 9.47. The molecule has 3 nitrogen and oxygen atoms in total. The number of likely N-dealkylation sites (tertiary alicyclic amines) is 1. The molecule has 3 heteroatoms. The van der Waals surface area contributed by atoms with Gasteiger partial charge >= 0.3 is 0 Å². The van der Waals surface area contributed by atoms with Gasteiger partial charge in [-0.25, -0.2) is 0 Å². The van der Waals surface area contributed by atoms with E-state index in [1.54, 1.807) is 12.1 Å². The second-order valence-electron chi connectivity index (χ2n) is 6.25. The highest BCUT2D eigenvalue weighted by atomic mass is 16.5. The van der Waals surface area contributed by atoms with Crippen molar-refractivity contribution in [1.82, 2.24) is 4.90 Å². The number of aromatic hydroxyl groups is 1. The summed E-state index contributed by atoms with van der Waals surface area (Å²) < 4.78 is 5.70. The van der Waals surface area contributed by atoms with Crippen LogP contribution in [0.3, 0.4) is 0 Å². The molecule has 1 N–H and O–H groups in total. The minimum Gasteiger partial charge on any atom is -0.508 e. The Morgan fingerprint density at radius 1 is 1.28 bits per heavy atom. The van der Waals surface area contributed by atoms with Gasteiger partial charge in [-0.1, -0.05) is 13.8 Å². The van der Waals surface area contributed by atoms with Crippen molar-refractivity contribution in [3.8, 4) is 11.5 Å². The van der Waals surface area contributed by atoms with Crippen LogP contribution in [0.15, 0.2) is 18.2 Å². The van der Waals surface area contributed by atoms with E-state index in [1.165, 1.54) is 18.4 Å². The Balaban J connectivity index is 1.77. The monoisotopic (exact) mass is 247 g/mol. The fourth-order valence-electron chi connectivity index (χ4n) is 2.92. The first-order valence-corrected chi connectivity index (χ1v) is 6.75. The first-order chi connectivity index (χ1) is 8.55. The Kier molecular flexibility index (Phi) is 2.74. The molecule has 2 aliphatic rings. The van der Waals surface area contributed by atoms with Gasteiger partial charge in [0.2, 0.25) is 0 Å². The van der Waals surface area contributed by atoms with Crippen molar-refractivity contribution in [2.75, 3.05) is 19.7 Å². The first kappa shape index (κ1) is 11.8. The van der Waals surface area contributed by atoms with Crippen LogP contribution in [-0.4, -0.2) is 29.7 Å². The standard InChI is InChI=1S/C15H21NO2/c1-15(2)5-7-16(8-6-15)13-10-18-14-9-11(17)3-4-12(13)14/h3-4,9,13,17H,5-8,10H2,1-2H3. The van der Waals surface area contributed by atoms with Crippen molar-refractivity contribution < 1.29 is 9.84 Å². The minimum absolute atomic E-state index is 0.286. The molecule has 0 aliphatic carbocycles. The molecular weight excluding hydrogens is 226 g/mol. The maximum absolute atomic E-state index is 9.47. The zero-order valence-corrected chi connectivity index (χ0v) is 11.1. The van der Waals surface area contributed by atoms with Gasteiger partial charge in [0.05, 0.1) is 6.04 Å². The van der Waals surface area contributed by atoms with Crippen molar-refractivity contribution >= 4 is 0 Å². The number of fused-ring (bicyclic) bond motifs is 1. The summed E-state index contributed by atoms with van der Waals surface area (Å²) in [6.07, 6.45) is 2.49. The van der Waals surface area contributed by atoms with Crippen LogP contribution in [-0.2, 0) is 0 Å². The fraction of sp³-hybridized carbons (Fsp3) is 0.600. The number of ether oxygens (including phenoxy) is 1. The lowest BCUT2D eigenvalue weighted by atomic mass is 9.82. The average molecular weight is 247 g/mol. The Morgan fingerprint density at radius 3 is 2.72 bits per heavy atom.